The highest BCUT2D eigenvalue weighted by Crippen LogP contribution is 2.35. The molecule has 0 saturated carbocycles. The number of carboxylic acid groups (broad SMARTS) is 1. The molecule has 25 heavy (non-hydrogen) atoms. The predicted molar refractivity (Wildman–Crippen MR) is 98.3 cm³/mol. The van der Waals surface area contributed by atoms with Crippen molar-refractivity contribution >= 4 is 17.7 Å². The highest BCUT2D eigenvalue weighted by molar-refractivity contribution is 6.30. The number of hydrogen-bond acceptors (Lipinski definition) is 2. The molecule has 3 rings (SSSR count). The summed E-state index contributed by atoms with van der Waals surface area (Å²) in [5, 5.41) is 10.1. The number of fused-ring (bicyclic) bond motifs is 1. The predicted octanol–water partition coefficient (Wildman–Crippen LogP) is 4.38. The van der Waals surface area contributed by atoms with E-state index in [0.29, 0.717) is 24.7 Å². The number of amides is 1. The van der Waals surface area contributed by atoms with Gasteiger partial charge in [0.2, 0.25) is 0 Å². The molecule has 0 saturated heterocycles. The fourth-order valence-electron chi connectivity index (χ4n) is 3.61. The maximum Gasteiger partial charge on any atom is 0.407 e. The molecule has 1 aliphatic rings. The molecule has 1 aliphatic heterocycles. The Labute approximate surface area is 153 Å². The summed E-state index contributed by atoms with van der Waals surface area (Å²) in [6, 6.07) is 6.16. The van der Waals surface area contributed by atoms with Gasteiger partial charge in [-0.1, -0.05) is 36.7 Å². The van der Waals surface area contributed by atoms with E-state index in [9.17, 15) is 9.90 Å². The van der Waals surface area contributed by atoms with Gasteiger partial charge >= 0.3 is 6.09 Å². The second-order valence-corrected chi connectivity index (χ2v) is 7.02. The van der Waals surface area contributed by atoms with Crippen molar-refractivity contribution in [2.45, 2.75) is 52.6 Å². The molecule has 0 radical (unpaired) electrons. The van der Waals surface area contributed by atoms with Crippen LogP contribution in [0.25, 0.3) is 0 Å². The van der Waals surface area contributed by atoms with Gasteiger partial charge in [0.15, 0.2) is 5.15 Å². The first-order valence-corrected chi connectivity index (χ1v) is 9.10. The molecular formula is C19H24ClN3O2. The van der Waals surface area contributed by atoms with Gasteiger partial charge in [0, 0.05) is 19.5 Å². The third-order valence-electron chi connectivity index (χ3n) is 5.14. The first-order chi connectivity index (χ1) is 11.9. The SMILES string of the molecule is CCc1nc(Cl)c2n1CCN(C(=O)O)C2CCc1ccc(C)c(C)c1. The van der Waals surface area contributed by atoms with E-state index in [1.807, 2.05) is 6.92 Å². The average molecular weight is 362 g/mol. The quantitative estimate of drug-likeness (QED) is 0.878. The van der Waals surface area contributed by atoms with E-state index in [0.717, 1.165) is 24.4 Å². The first kappa shape index (κ1) is 17.8. The summed E-state index contributed by atoms with van der Waals surface area (Å²) in [5.41, 5.74) is 4.59. The molecule has 1 amide bonds. The van der Waals surface area contributed by atoms with Crippen LogP contribution in [0.5, 0.6) is 0 Å². The monoisotopic (exact) mass is 361 g/mol. The summed E-state index contributed by atoms with van der Waals surface area (Å²) < 4.78 is 2.10. The number of halogens is 1. The topological polar surface area (TPSA) is 58.4 Å². The Hall–Kier alpha value is -2.01. The number of hydrogen-bond donors (Lipinski definition) is 1. The van der Waals surface area contributed by atoms with Crippen LogP contribution in [-0.4, -0.2) is 32.2 Å². The second-order valence-electron chi connectivity index (χ2n) is 6.66. The number of rotatable bonds is 4. The van der Waals surface area contributed by atoms with Gasteiger partial charge in [0.05, 0.1) is 11.7 Å². The van der Waals surface area contributed by atoms with E-state index in [-0.39, 0.29) is 6.04 Å². The third kappa shape index (κ3) is 3.38. The maximum absolute atomic E-state index is 11.7. The summed E-state index contributed by atoms with van der Waals surface area (Å²) in [6.07, 6.45) is 1.39. The number of benzene rings is 1. The van der Waals surface area contributed by atoms with Gasteiger partial charge < -0.3 is 9.67 Å². The van der Waals surface area contributed by atoms with Crippen molar-refractivity contribution in [3.05, 3.63) is 51.6 Å². The van der Waals surface area contributed by atoms with Crippen LogP contribution < -0.4 is 0 Å². The summed E-state index contributed by atoms with van der Waals surface area (Å²) in [4.78, 5) is 17.7. The molecule has 1 unspecified atom stereocenters. The highest BCUT2D eigenvalue weighted by Gasteiger charge is 2.34. The van der Waals surface area contributed by atoms with Crippen LogP contribution >= 0.6 is 11.6 Å². The van der Waals surface area contributed by atoms with Crippen LogP contribution in [0.1, 0.15) is 47.6 Å². The van der Waals surface area contributed by atoms with Crippen LogP contribution in [0.4, 0.5) is 4.79 Å². The molecule has 0 aliphatic carbocycles. The lowest BCUT2D eigenvalue weighted by atomic mass is 9.98. The van der Waals surface area contributed by atoms with Crippen molar-refractivity contribution in [1.82, 2.24) is 14.5 Å². The number of aromatic nitrogens is 2. The lowest BCUT2D eigenvalue weighted by molar-refractivity contribution is 0.106. The minimum Gasteiger partial charge on any atom is -0.465 e. The van der Waals surface area contributed by atoms with Crippen molar-refractivity contribution in [2.75, 3.05) is 6.54 Å². The Morgan fingerprint density at radius 1 is 1.32 bits per heavy atom. The van der Waals surface area contributed by atoms with Crippen LogP contribution in [-0.2, 0) is 19.4 Å². The first-order valence-electron chi connectivity index (χ1n) is 8.72. The molecular weight excluding hydrogens is 338 g/mol. The Morgan fingerprint density at radius 3 is 2.72 bits per heavy atom. The zero-order valence-electron chi connectivity index (χ0n) is 14.9. The van der Waals surface area contributed by atoms with Crippen molar-refractivity contribution in [3.8, 4) is 0 Å². The van der Waals surface area contributed by atoms with Crippen LogP contribution in [0.3, 0.4) is 0 Å². The molecule has 0 spiro atoms. The minimum absolute atomic E-state index is 0.256. The molecule has 0 bridgehead atoms. The smallest absolute Gasteiger partial charge is 0.407 e. The number of aryl methyl sites for hydroxylation is 4. The standard InChI is InChI=1S/C19H24ClN3O2/c1-4-16-21-18(20)17-15(22(19(24)25)9-10-23(16)17)8-7-14-6-5-12(2)13(3)11-14/h5-6,11,15H,4,7-10H2,1-3H3,(H,24,25). The fourth-order valence-corrected chi connectivity index (χ4v) is 3.94. The van der Waals surface area contributed by atoms with E-state index >= 15 is 0 Å². The zero-order valence-corrected chi connectivity index (χ0v) is 15.7. The van der Waals surface area contributed by atoms with Crippen molar-refractivity contribution < 1.29 is 9.90 Å². The molecule has 6 heteroatoms. The van der Waals surface area contributed by atoms with Crippen molar-refractivity contribution in [3.63, 3.8) is 0 Å². The van der Waals surface area contributed by atoms with Crippen LogP contribution in [0.2, 0.25) is 5.15 Å². The lowest BCUT2D eigenvalue weighted by Crippen LogP contribution is -2.42. The maximum atomic E-state index is 11.7. The van der Waals surface area contributed by atoms with Gasteiger partial charge in [0.25, 0.3) is 0 Å². The van der Waals surface area contributed by atoms with Gasteiger partial charge in [-0.15, -0.1) is 0 Å². The Bertz CT molecular complexity index is 800. The molecule has 5 nitrogen and oxygen atoms in total. The van der Waals surface area contributed by atoms with Gasteiger partial charge in [-0.2, -0.15) is 0 Å². The summed E-state index contributed by atoms with van der Waals surface area (Å²) in [5.74, 6) is 0.932. The van der Waals surface area contributed by atoms with Gasteiger partial charge in [-0.3, -0.25) is 4.90 Å². The van der Waals surface area contributed by atoms with E-state index in [1.165, 1.54) is 21.6 Å². The van der Waals surface area contributed by atoms with Gasteiger partial charge in [-0.05, 0) is 43.4 Å². The molecule has 0 fully saturated rings. The van der Waals surface area contributed by atoms with E-state index < -0.39 is 6.09 Å². The largest absolute Gasteiger partial charge is 0.465 e. The fraction of sp³-hybridized carbons (Fsp3) is 0.474. The third-order valence-corrected chi connectivity index (χ3v) is 5.42. The average Bonchev–Trinajstić information content (AvgIpc) is 2.92. The van der Waals surface area contributed by atoms with E-state index in [1.54, 1.807) is 0 Å². The molecule has 1 atom stereocenters. The molecule has 134 valence electrons. The Kier molecular flexibility index (Phi) is 5.04. The minimum atomic E-state index is -0.897. The molecule has 1 aromatic heterocycles. The zero-order chi connectivity index (χ0) is 18.1. The summed E-state index contributed by atoms with van der Waals surface area (Å²) >= 11 is 6.38. The van der Waals surface area contributed by atoms with Gasteiger partial charge in [0.1, 0.15) is 5.82 Å². The van der Waals surface area contributed by atoms with Crippen molar-refractivity contribution in [1.29, 1.82) is 0 Å². The lowest BCUT2D eigenvalue weighted by Gasteiger charge is -2.35. The number of carbonyl (C=O) groups is 1. The normalized spacial score (nSPS) is 16.8. The summed E-state index contributed by atoms with van der Waals surface area (Å²) in [6.45, 7) is 7.32. The number of imidazole rings is 1. The van der Waals surface area contributed by atoms with Crippen molar-refractivity contribution in [2.24, 2.45) is 0 Å². The van der Waals surface area contributed by atoms with E-state index in [2.05, 4.69) is 41.6 Å². The Balaban J connectivity index is 1.90. The highest BCUT2D eigenvalue weighted by atomic mass is 35.5. The second kappa shape index (κ2) is 7.08. The van der Waals surface area contributed by atoms with Crippen LogP contribution in [0.15, 0.2) is 18.2 Å². The molecule has 1 aromatic carbocycles. The Morgan fingerprint density at radius 2 is 2.08 bits per heavy atom. The summed E-state index contributed by atoms with van der Waals surface area (Å²) in [7, 11) is 0. The molecule has 2 aromatic rings. The number of nitrogens with zero attached hydrogens (tertiary/aromatic N) is 3. The van der Waals surface area contributed by atoms with Gasteiger partial charge in [-0.25, -0.2) is 9.78 Å². The molecule has 1 N–H and O–H groups in total. The van der Waals surface area contributed by atoms with Crippen LogP contribution in [0, 0.1) is 13.8 Å². The molecule has 2 heterocycles. The van der Waals surface area contributed by atoms with E-state index in [4.69, 9.17) is 11.6 Å².